The molecule has 4 N–H and O–H groups in total. The topological polar surface area (TPSA) is 126 Å². The summed E-state index contributed by atoms with van der Waals surface area (Å²) in [5, 5.41) is 38.4. The molecule has 5 unspecified atom stereocenters. The van der Waals surface area contributed by atoms with Gasteiger partial charge in [0.15, 0.2) is 11.5 Å². The first-order chi connectivity index (χ1) is 10.5. The minimum Gasteiger partial charge on any atom is -0.493 e. The van der Waals surface area contributed by atoms with Crippen molar-refractivity contribution in [1.29, 1.82) is 0 Å². The molecule has 0 amide bonds. The lowest BCUT2D eigenvalue weighted by Gasteiger charge is -2.39. The highest BCUT2D eigenvalue weighted by Crippen LogP contribution is 2.31. The standard InChI is InChI=1S/C14H18O8/c1-20-9-4-7(5-15)2-3-8(9)21-14-13(19)12(18)11(17)10(6-16)22-14/h2-5,10-14,16-19H,6H2,1H3. The first-order valence-electron chi connectivity index (χ1n) is 6.62. The molecule has 8 nitrogen and oxygen atoms in total. The van der Waals surface area contributed by atoms with Crippen molar-refractivity contribution >= 4 is 6.29 Å². The maximum Gasteiger partial charge on any atom is 0.229 e. The highest BCUT2D eigenvalue weighted by atomic mass is 16.7. The second-order valence-corrected chi connectivity index (χ2v) is 4.84. The van der Waals surface area contributed by atoms with Crippen LogP contribution in [0.3, 0.4) is 0 Å². The summed E-state index contributed by atoms with van der Waals surface area (Å²) in [6.45, 7) is -0.550. The number of rotatable bonds is 5. The van der Waals surface area contributed by atoms with Gasteiger partial charge in [0.25, 0.3) is 0 Å². The molecule has 0 aliphatic carbocycles. The molecule has 2 rings (SSSR count). The van der Waals surface area contributed by atoms with E-state index in [4.69, 9.17) is 19.3 Å². The molecule has 1 aliphatic rings. The fourth-order valence-electron chi connectivity index (χ4n) is 2.14. The lowest BCUT2D eigenvalue weighted by Crippen LogP contribution is -2.60. The number of methoxy groups -OCH3 is 1. The number of benzene rings is 1. The van der Waals surface area contributed by atoms with E-state index >= 15 is 0 Å². The Bertz CT molecular complexity index is 518. The fourth-order valence-corrected chi connectivity index (χ4v) is 2.14. The van der Waals surface area contributed by atoms with Gasteiger partial charge >= 0.3 is 0 Å². The average Bonchev–Trinajstić information content (AvgIpc) is 2.55. The Labute approximate surface area is 126 Å². The summed E-state index contributed by atoms with van der Waals surface area (Å²) in [5.41, 5.74) is 0.373. The molecule has 0 spiro atoms. The summed E-state index contributed by atoms with van der Waals surface area (Å²) >= 11 is 0. The van der Waals surface area contributed by atoms with E-state index in [1.54, 1.807) is 0 Å². The van der Waals surface area contributed by atoms with Crippen LogP contribution in [0.25, 0.3) is 0 Å². The van der Waals surface area contributed by atoms with Crippen LogP contribution in [-0.4, -0.2) is 71.1 Å². The smallest absolute Gasteiger partial charge is 0.229 e. The van der Waals surface area contributed by atoms with E-state index in [9.17, 15) is 20.1 Å². The van der Waals surface area contributed by atoms with Crippen LogP contribution in [0.15, 0.2) is 18.2 Å². The van der Waals surface area contributed by atoms with Gasteiger partial charge in [-0.25, -0.2) is 0 Å². The van der Waals surface area contributed by atoms with E-state index in [2.05, 4.69) is 0 Å². The number of hydrogen-bond donors (Lipinski definition) is 4. The highest BCUT2D eigenvalue weighted by molar-refractivity contribution is 5.76. The summed E-state index contributed by atoms with van der Waals surface area (Å²) in [5.74, 6) is 0.416. The predicted octanol–water partition coefficient (Wildman–Crippen LogP) is -1.31. The van der Waals surface area contributed by atoms with Gasteiger partial charge in [0.05, 0.1) is 13.7 Å². The maximum atomic E-state index is 10.7. The van der Waals surface area contributed by atoms with Gasteiger partial charge in [-0.3, -0.25) is 4.79 Å². The second kappa shape index (κ2) is 7.03. The van der Waals surface area contributed by atoms with Gasteiger partial charge in [0, 0.05) is 5.56 Å². The summed E-state index contributed by atoms with van der Waals surface area (Å²) in [7, 11) is 1.38. The Balaban J connectivity index is 2.20. The molecule has 1 aliphatic heterocycles. The minimum absolute atomic E-state index is 0.178. The van der Waals surface area contributed by atoms with Crippen LogP contribution in [0, 0.1) is 0 Å². The molecule has 122 valence electrons. The lowest BCUT2D eigenvalue weighted by atomic mass is 9.99. The zero-order valence-corrected chi connectivity index (χ0v) is 11.8. The van der Waals surface area contributed by atoms with Crippen molar-refractivity contribution in [2.24, 2.45) is 0 Å². The third-order valence-corrected chi connectivity index (χ3v) is 3.42. The van der Waals surface area contributed by atoms with E-state index in [1.807, 2.05) is 0 Å². The first-order valence-corrected chi connectivity index (χ1v) is 6.62. The molecule has 0 bridgehead atoms. The van der Waals surface area contributed by atoms with Crippen molar-refractivity contribution in [2.75, 3.05) is 13.7 Å². The van der Waals surface area contributed by atoms with E-state index < -0.39 is 37.3 Å². The van der Waals surface area contributed by atoms with Gasteiger partial charge in [-0.1, -0.05) is 0 Å². The van der Waals surface area contributed by atoms with Gasteiger partial charge in [0.1, 0.15) is 30.7 Å². The average molecular weight is 314 g/mol. The van der Waals surface area contributed by atoms with Crippen LogP contribution in [0.1, 0.15) is 10.4 Å². The Kier molecular flexibility index (Phi) is 5.33. The maximum absolute atomic E-state index is 10.7. The first kappa shape index (κ1) is 16.7. The monoisotopic (exact) mass is 314 g/mol. The Morgan fingerprint density at radius 1 is 1.18 bits per heavy atom. The number of aliphatic hydroxyl groups excluding tert-OH is 4. The molecule has 5 atom stereocenters. The number of aliphatic hydroxyl groups is 4. The van der Waals surface area contributed by atoms with Crippen LogP contribution in [0.2, 0.25) is 0 Å². The van der Waals surface area contributed by atoms with Gasteiger partial charge in [-0.05, 0) is 18.2 Å². The van der Waals surface area contributed by atoms with Crippen LogP contribution in [0.4, 0.5) is 0 Å². The minimum atomic E-state index is -1.53. The fraction of sp³-hybridized carbons (Fsp3) is 0.500. The van der Waals surface area contributed by atoms with Crippen molar-refractivity contribution in [3.05, 3.63) is 23.8 Å². The number of hydrogen-bond acceptors (Lipinski definition) is 8. The van der Waals surface area contributed by atoms with Gasteiger partial charge in [-0.15, -0.1) is 0 Å². The van der Waals surface area contributed by atoms with Crippen LogP contribution in [-0.2, 0) is 4.74 Å². The normalized spacial score (nSPS) is 31.6. The van der Waals surface area contributed by atoms with Gasteiger partial charge in [0.2, 0.25) is 6.29 Å². The number of carbonyl (C=O) groups is 1. The highest BCUT2D eigenvalue weighted by Gasteiger charge is 2.44. The molecule has 0 radical (unpaired) electrons. The number of carbonyl (C=O) groups excluding carboxylic acids is 1. The third-order valence-electron chi connectivity index (χ3n) is 3.42. The lowest BCUT2D eigenvalue weighted by molar-refractivity contribution is -0.277. The third kappa shape index (κ3) is 3.21. The molecular formula is C14H18O8. The zero-order chi connectivity index (χ0) is 16.3. The van der Waals surface area contributed by atoms with Crippen molar-refractivity contribution in [3.8, 4) is 11.5 Å². The quantitative estimate of drug-likeness (QED) is 0.493. The van der Waals surface area contributed by atoms with Crippen LogP contribution in [0.5, 0.6) is 11.5 Å². The van der Waals surface area contributed by atoms with Crippen LogP contribution < -0.4 is 9.47 Å². The van der Waals surface area contributed by atoms with Gasteiger partial charge < -0.3 is 34.6 Å². The largest absolute Gasteiger partial charge is 0.493 e. The Morgan fingerprint density at radius 3 is 2.50 bits per heavy atom. The van der Waals surface area contributed by atoms with E-state index in [1.165, 1.54) is 25.3 Å². The summed E-state index contributed by atoms with van der Waals surface area (Å²) < 4.78 is 15.8. The second-order valence-electron chi connectivity index (χ2n) is 4.84. The van der Waals surface area contributed by atoms with Crippen molar-refractivity contribution in [3.63, 3.8) is 0 Å². The molecule has 1 aromatic carbocycles. The molecule has 22 heavy (non-hydrogen) atoms. The SMILES string of the molecule is COc1cc(C=O)ccc1OC1OC(CO)C(O)C(O)C1O. The molecule has 8 heteroatoms. The van der Waals surface area contributed by atoms with E-state index in [0.29, 0.717) is 11.8 Å². The molecule has 1 saturated heterocycles. The van der Waals surface area contributed by atoms with Crippen molar-refractivity contribution < 1.29 is 39.4 Å². The molecule has 1 aromatic rings. The van der Waals surface area contributed by atoms with Crippen molar-refractivity contribution in [2.45, 2.75) is 30.7 Å². The molecule has 0 aromatic heterocycles. The van der Waals surface area contributed by atoms with E-state index in [0.717, 1.165) is 0 Å². The molecular weight excluding hydrogens is 296 g/mol. The summed E-state index contributed by atoms with van der Waals surface area (Å²) in [6, 6.07) is 4.37. The number of aldehydes is 1. The summed E-state index contributed by atoms with van der Waals surface area (Å²) in [4.78, 5) is 10.7. The van der Waals surface area contributed by atoms with Gasteiger partial charge in [-0.2, -0.15) is 0 Å². The summed E-state index contributed by atoms with van der Waals surface area (Å²) in [6.07, 6.45) is -6.25. The predicted molar refractivity (Wildman–Crippen MR) is 72.8 cm³/mol. The Hall–Kier alpha value is -1.71. The van der Waals surface area contributed by atoms with Crippen molar-refractivity contribution in [1.82, 2.24) is 0 Å². The zero-order valence-electron chi connectivity index (χ0n) is 11.8. The molecule has 1 heterocycles. The molecule has 1 fully saturated rings. The van der Waals surface area contributed by atoms with Crippen LogP contribution >= 0.6 is 0 Å². The Morgan fingerprint density at radius 2 is 1.91 bits per heavy atom. The molecule has 0 saturated carbocycles. The number of ether oxygens (including phenoxy) is 3. The van der Waals surface area contributed by atoms with E-state index in [-0.39, 0.29) is 11.5 Å².